The van der Waals surface area contributed by atoms with E-state index in [9.17, 15) is 4.79 Å². The minimum Gasteiger partial charge on any atom is -0.497 e. The third kappa shape index (κ3) is 2.17. The minimum absolute atomic E-state index is 0.0754. The highest BCUT2D eigenvalue weighted by molar-refractivity contribution is 6.03. The van der Waals surface area contributed by atoms with Gasteiger partial charge in [0.2, 0.25) is 0 Å². The lowest BCUT2D eigenvalue weighted by Crippen LogP contribution is -1.99. The molecule has 5 heteroatoms. The molecule has 1 aromatic heterocycles. The number of hydrogen-bond donors (Lipinski definition) is 2. The Morgan fingerprint density at radius 3 is 2.83 bits per heavy atom. The maximum atomic E-state index is 11.2. The SMILES string of the molecule is COc1ccc2c(C(=O)O)cn(CCCO)c2c1. The molecule has 0 fully saturated rings. The first-order valence-electron chi connectivity index (χ1n) is 5.68. The van der Waals surface area contributed by atoms with E-state index in [-0.39, 0.29) is 12.2 Å². The molecular weight excluding hydrogens is 234 g/mol. The van der Waals surface area contributed by atoms with Gasteiger partial charge in [-0.2, -0.15) is 0 Å². The monoisotopic (exact) mass is 249 g/mol. The highest BCUT2D eigenvalue weighted by Gasteiger charge is 2.14. The van der Waals surface area contributed by atoms with E-state index in [1.54, 1.807) is 31.5 Å². The van der Waals surface area contributed by atoms with Crippen molar-refractivity contribution in [3.63, 3.8) is 0 Å². The third-order valence-electron chi connectivity index (χ3n) is 2.88. The summed E-state index contributed by atoms with van der Waals surface area (Å²) in [5, 5.41) is 18.7. The quantitative estimate of drug-likeness (QED) is 0.846. The number of hydrogen-bond acceptors (Lipinski definition) is 3. The number of ether oxygens (including phenoxy) is 1. The van der Waals surface area contributed by atoms with Crippen LogP contribution in [-0.2, 0) is 6.54 Å². The Morgan fingerprint density at radius 2 is 2.22 bits per heavy atom. The fourth-order valence-corrected chi connectivity index (χ4v) is 2.00. The van der Waals surface area contributed by atoms with Crippen LogP contribution in [0.4, 0.5) is 0 Å². The Kier molecular flexibility index (Phi) is 3.53. The van der Waals surface area contributed by atoms with Crippen molar-refractivity contribution in [1.82, 2.24) is 4.57 Å². The molecule has 0 aliphatic heterocycles. The Balaban J connectivity index is 2.57. The third-order valence-corrected chi connectivity index (χ3v) is 2.88. The summed E-state index contributed by atoms with van der Waals surface area (Å²) in [5.41, 5.74) is 1.07. The Hall–Kier alpha value is -2.01. The molecule has 5 nitrogen and oxygen atoms in total. The van der Waals surface area contributed by atoms with E-state index in [1.165, 1.54) is 0 Å². The average Bonchev–Trinajstić information content (AvgIpc) is 2.74. The maximum absolute atomic E-state index is 11.2. The number of rotatable bonds is 5. The second-order valence-corrected chi connectivity index (χ2v) is 4.00. The molecule has 18 heavy (non-hydrogen) atoms. The van der Waals surface area contributed by atoms with Crippen LogP contribution in [-0.4, -0.2) is 34.5 Å². The van der Waals surface area contributed by atoms with E-state index in [0.717, 1.165) is 5.52 Å². The average molecular weight is 249 g/mol. The number of aromatic nitrogens is 1. The van der Waals surface area contributed by atoms with Gasteiger partial charge in [-0.05, 0) is 18.6 Å². The van der Waals surface area contributed by atoms with Gasteiger partial charge in [0, 0.05) is 30.8 Å². The van der Waals surface area contributed by atoms with Crippen LogP contribution in [0.15, 0.2) is 24.4 Å². The van der Waals surface area contributed by atoms with Crippen molar-refractivity contribution in [3.8, 4) is 5.75 Å². The molecule has 0 aliphatic rings. The van der Waals surface area contributed by atoms with Crippen molar-refractivity contribution < 1.29 is 19.7 Å². The van der Waals surface area contributed by atoms with Crippen LogP contribution in [0.3, 0.4) is 0 Å². The van der Waals surface area contributed by atoms with Crippen molar-refractivity contribution in [2.75, 3.05) is 13.7 Å². The van der Waals surface area contributed by atoms with Gasteiger partial charge in [0.05, 0.1) is 18.2 Å². The van der Waals surface area contributed by atoms with E-state index in [1.807, 2.05) is 4.57 Å². The standard InChI is InChI=1S/C13H15NO4/c1-18-9-3-4-10-11(13(16)17)8-14(5-2-6-15)12(10)7-9/h3-4,7-8,15H,2,5-6H2,1H3,(H,16,17). The molecule has 0 saturated carbocycles. The first-order chi connectivity index (χ1) is 8.67. The molecule has 0 radical (unpaired) electrons. The summed E-state index contributed by atoms with van der Waals surface area (Å²) in [6.45, 7) is 0.652. The molecule has 0 saturated heterocycles. The zero-order chi connectivity index (χ0) is 13.1. The number of carboxylic acids is 1. The largest absolute Gasteiger partial charge is 0.497 e. The molecule has 0 amide bonds. The summed E-state index contributed by atoms with van der Waals surface area (Å²) < 4.78 is 6.97. The highest BCUT2D eigenvalue weighted by atomic mass is 16.5. The Bertz CT molecular complexity index is 574. The van der Waals surface area contributed by atoms with Gasteiger partial charge in [0.15, 0.2) is 0 Å². The number of carbonyl (C=O) groups is 1. The molecule has 0 atom stereocenters. The normalized spacial score (nSPS) is 10.8. The smallest absolute Gasteiger partial charge is 0.337 e. The van der Waals surface area contributed by atoms with E-state index in [2.05, 4.69) is 0 Å². The minimum atomic E-state index is -0.951. The van der Waals surface area contributed by atoms with Crippen LogP contribution in [0, 0.1) is 0 Å². The number of benzene rings is 1. The van der Waals surface area contributed by atoms with Gasteiger partial charge in [0.1, 0.15) is 5.75 Å². The molecule has 0 bridgehead atoms. The van der Waals surface area contributed by atoms with Gasteiger partial charge in [-0.1, -0.05) is 0 Å². The van der Waals surface area contributed by atoms with Gasteiger partial charge in [-0.15, -0.1) is 0 Å². The predicted molar refractivity (Wildman–Crippen MR) is 67.2 cm³/mol. The van der Waals surface area contributed by atoms with Gasteiger partial charge >= 0.3 is 5.97 Å². The molecule has 2 rings (SSSR count). The molecule has 2 aromatic rings. The molecule has 0 spiro atoms. The summed E-state index contributed by atoms with van der Waals surface area (Å²) in [7, 11) is 1.57. The first-order valence-corrected chi connectivity index (χ1v) is 5.68. The number of nitrogens with zero attached hydrogens (tertiary/aromatic N) is 1. The Morgan fingerprint density at radius 1 is 1.44 bits per heavy atom. The number of aryl methyl sites for hydroxylation is 1. The molecule has 1 heterocycles. The van der Waals surface area contributed by atoms with Crippen molar-refractivity contribution in [2.24, 2.45) is 0 Å². The van der Waals surface area contributed by atoms with Crippen molar-refractivity contribution >= 4 is 16.9 Å². The molecule has 1 aromatic carbocycles. The van der Waals surface area contributed by atoms with Crippen LogP contribution in [0.1, 0.15) is 16.8 Å². The molecule has 96 valence electrons. The van der Waals surface area contributed by atoms with Crippen LogP contribution >= 0.6 is 0 Å². The molecule has 0 unspecified atom stereocenters. The number of methoxy groups -OCH3 is 1. The second kappa shape index (κ2) is 5.10. The topological polar surface area (TPSA) is 71.7 Å². The fourth-order valence-electron chi connectivity index (χ4n) is 2.00. The lowest BCUT2D eigenvalue weighted by Gasteiger charge is -2.05. The molecule has 2 N–H and O–H groups in total. The van der Waals surface area contributed by atoms with Crippen LogP contribution < -0.4 is 4.74 Å². The number of fused-ring (bicyclic) bond motifs is 1. The molecular formula is C13H15NO4. The number of aliphatic hydroxyl groups excluding tert-OH is 1. The lowest BCUT2D eigenvalue weighted by atomic mass is 10.2. The number of carboxylic acid groups (broad SMARTS) is 1. The lowest BCUT2D eigenvalue weighted by molar-refractivity contribution is 0.0699. The van der Waals surface area contributed by atoms with Crippen LogP contribution in [0.2, 0.25) is 0 Å². The van der Waals surface area contributed by atoms with Crippen LogP contribution in [0.5, 0.6) is 5.75 Å². The Labute approximate surface area is 104 Å². The summed E-state index contributed by atoms with van der Waals surface area (Å²) in [5.74, 6) is -0.268. The predicted octanol–water partition coefficient (Wildman–Crippen LogP) is 1.73. The zero-order valence-corrected chi connectivity index (χ0v) is 10.1. The van der Waals surface area contributed by atoms with E-state index in [4.69, 9.17) is 14.9 Å². The maximum Gasteiger partial charge on any atom is 0.337 e. The summed E-state index contributed by atoms with van der Waals surface area (Å²) in [6.07, 6.45) is 2.18. The van der Waals surface area contributed by atoms with Gasteiger partial charge in [0.25, 0.3) is 0 Å². The van der Waals surface area contributed by atoms with Gasteiger partial charge < -0.3 is 19.5 Å². The summed E-state index contributed by atoms with van der Waals surface area (Å²) in [6, 6.07) is 5.29. The van der Waals surface area contributed by atoms with E-state index in [0.29, 0.717) is 24.1 Å². The molecule has 0 aliphatic carbocycles. The van der Waals surface area contributed by atoms with E-state index < -0.39 is 5.97 Å². The first kappa shape index (κ1) is 12.4. The summed E-state index contributed by atoms with van der Waals surface area (Å²) >= 11 is 0. The van der Waals surface area contributed by atoms with Gasteiger partial charge in [-0.3, -0.25) is 0 Å². The number of aliphatic hydroxyl groups is 1. The van der Waals surface area contributed by atoms with Crippen molar-refractivity contribution in [1.29, 1.82) is 0 Å². The van der Waals surface area contributed by atoms with Crippen molar-refractivity contribution in [2.45, 2.75) is 13.0 Å². The van der Waals surface area contributed by atoms with E-state index >= 15 is 0 Å². The van der Waals surface area contributed by atoms with Crippen LogP contribution in [0.25, 0.3) is 10.9 Å². The van der Waals surface area contributed by atoms with Crippen molar-refractivity contribution in [3.05, 3.63) is 30.0 Å². The zero-order valence-electron chi connectivity index (χ0n) is 10.1. The fraction of sp³-hybridized carbons (Fsp3) is 0.308. The summed E-state index contributed by atoms with van der Waals surface area (Å²) in [4.78, 5) is 11.2. The second-order valence-electron chi connectivity index (χ2n) is 4.00. The highest BCUT2D eigenvalue weighted by Crippen LogP contribution is 2.26. The number of aromatic carboxylic acids is 1. The van der Waals surface area contributed by atoms with Gasteiger partial charge in [-0.25, -0.2) is 4.79 Å².